The predicted octanol–water partition coefficient (Wildman–Crippen LogP) is 5.33. The first-order valence-electron chi connectivity index (χ1n) is 8.11. The zero-order chi connectivity index (χ0) is 19.5. The van der Waals surface area contributed by atoms with E-state index < -0.39 is 4.92 Å². The quantitative estimate of drug-likeness (QED) is 0.265. The van der Waals surface area contributed by atoms with E-state index in [0.29, 0.717) is 17.1 Å². The molecule has 3 heterocycles. The summed E-state index contributed by atoms with van der Waals surface area (Å²) >= 11 is 0. The lowest BCUT2D eigenvalue weighted by atomic mass is 10.1. The molecule has 8 heteroatoms. The predicted molar refractivity (Wildman–Crippen MR) is 99.2 cm³/mol. The SMILES string of the molecule is N#Cc1c(N=Cc2ccccc2[N+](=O)[O-])oc(-c2ccco2)c1-c1ccco1. The first kappa shape index (κ1) is 17.1. The van der Waals surface area contributed by atoms with Crippen LogP contribution in [0.15, 0.2) is 79.3 Å². The highest BCUT2D eigenvalue weighted by molar-refractivity contribution is 5.89. The Morgan fingerprint density at radius 1 is 1.04 bits per heavy atom. The van der Waals surface area contributed by atoms with Crippen LogP contribution in [0.25, 0.3) is 22.8 Å². The smallest absolute Gasteiger partial charge is 0.278 e. The fourth-order valence-electron chi connectivity index (χ4n) is 2.74. The van der Waals surface area contributed by atoms with E-state index in [4.69, 9.17) is 13.3 Å². The molecule has 0 N–H and O–H groups in total. The van der Waals surface area contributed by atoms with Crippen molar-refractivity contribution in [2.75, 3.05) is 0 Å². The van der Waals surface area contributed by atoms with Gasteiger partial charge in [0.25, 0.3) is 5.69 Å². The van der Waals surface area contributed by atoms with E-state index in [1.165, 1.54) is 24.8 Å². The standard InChI is InChI=1S/C20H11N3O5/c21-11-14-18(16-7-3-9-26-16)19(17-8-4-10-27-17)28-20(14)22-12-13-5-1-2-6-15(13)23(24)25/h1-10,12H. The number of benzene rings is 1. The molecule has 0 amide bonds. The normalized spacial score (nSPS) is 11.0. The lowest BCUT2D eigenvalue weighted by molar-refractivity contribution is -0.385. The second kappa shape index (κ2) is 7.09. The lowest BCUT2D eigenvalue weighted by Crippen LogP contribution is -1.93. The molecule has 136 valence electrons. The van der Waals surface area contributed by atoms with Gasteiger partial charge in [-0.15, -0.1) is 0 Å². The van der Waals surface area contributed by atoms with Crippen LogP contribution < -0.4 is 0 Å². The molecule has 1 aromatic carbocycles. The van der Waals surface area contributed by atoms with E-state index in [-0.39, 0.29) is 28.5 Å². The van der Waals surface area contributed by atoms with Crippen molar-refractivity contribution in [3.8, 4) is 28.9 Å². The van der Waals surface area contributed by atoms with E-state index in [1.807, 2.05) is 0 Å². The maximum absolute atomic E-state index is 11.2. The molecule has 0 spiro atoms. The van der Waals surface area contributed by atoms with Crippen LogP contribution in [-0.4, -0.2) is 11.1 Å². The highest BCUT2D eigenvalue weighted by Gasteiger charge is 2.26. The monoisotopic (exact) mass is 373 g/mol. The topological polar surface area (TPSA) is 119 Å². The van der Waals surface area contributed by atoms with Crippen LogP contribution in [-0.2, 0) is 0 Å². The summed E-state index contributed by atoms with van der Waals surface area (Å²) in [5, 5.41) is 20.9. The molecule has 8 nitrogen and oxygen atoms in total. The molecule has 3 aromatic heterocycles. The van der Waals surface area contributed by atoms with Crippen LogP contribution in [0.1, 0.15) is 11.1 Å². The minimum atomic E-state index is -0.503. The summed E-state index contributed by atoms with van der Waals surface area (Å²) in [6.07, 6.45) is 4.24. The van der Waals surface area contributed by atoms with Crippen molar-refractivity contribution in [1.29, 1.82) is 5.26 Å². The van der Waals surface area contributed by atoms with Crippen molar-refractivity contribution in [2.24, 2.45) is 4.99 Å². The number of nitriles is 1. The summed E-state index contributed by atoms with van der Waals surface area (Å²) in [4.78, 5) is 14.9. The molecule has 0 aliphatic rings. The maximum Gasteiger partial charge on any atom is 0.278 e. The Bertz CT molecular complexity index is 1200. The third-order valence-electron chi connectivity index (χ3n) is 3.97. The van der Waals surface area contributed by atoms with Crippen LogP contribution in [0.2, 0.25) is 0 Å². The van der Waals surface area contributed by atoms with Gasteiger partial charge in [-0.2, -0.15) is 5.26 Å². The summed E-state index contributed by atoms with van der Waals surface area (Å²) in [5.41, 5.74) is 0.717. The van der Waals surface area contributed by atoms with Gasteiger partial charge in [0.05, 0.1) is 28.6 Å². The first-order chi connectivity index (χ1) is 13.7. The maximum atomic E-state index is 11.2. The summed E-state index contributed by atoms with van der Waals surface area (Å²) in [6.45, 7) is 0. The molecule has 4 rings (SSSR count). The van der Waals surface area contributed by atoms with Crippen molar-refractivity contribution in [1.82, 2.24) is 0 Å². The van der Waals surface area contributed by atoms with Crippen molar-refractivity contribution in [2.45, 2.75) is 0 Å². The third-order valence-corrected chi connectivity index (χ3v) is 3.97. The minimum Gasteiger partial charge on any atom is -0.464 e. The number of furan rings is 3. The number of nitrogens with zero attached hydrogens (tertiary/aromatic N) is 3. The van der Waals surface area contributed by atoms with E-state index in [0.717, 1.165) is 0 Å². The molecule has 28 heavy (non-hydrogen) atoms. The number of rotatable bonds is 5. The lowest BCUT2D eigenvalue weighted by Gasteiger charge is -1.96. The average Bonchev–Trinajstić information content (AvgIpc) is 3.46. The number of hydrogen-bond donors (Lipinski definition) is 0. The van der Waals surface area contributed by atoms with Crippen LogP contribution in [0.3, 0.4) is 0 Å². The molecule has 0 saturated carbocycles. The molecule has 0 bridgehead atoms. The fraction of sp³-hybridized carbons (Fsp3) is 0. The summed E-state index contributed by atoms with van der Waals surface area (Å²) in [5.74, 6) is 1.10. The second-order valence-corrected chi connectivity index (χ2v) is 5.63. The van der Waals surface area contributed by atoms with Gasteiger partial charge >= 0.3 is 0 Å². The second-order valence-electron chi connectivity index (χ2n) is 5.63. The van der Waals surface area contributed by atoms with Gasteiger partial charge < -0.3 is 13.3 Å². The summed E-state index contributed by atoms with van der Waals surface area (Å²) in [6, 6.07) is 15.0. The number of nitro groups is 1. The van der Waals surface area contributed by atoms with Crippen LogP contribution in [0.4, 0.5) is 11.6 Å². The largest absolute Gasteiger partial charge is 0.464 e. The molecule has 4 aromatic rings. The molecule has 0 aliphatic carbocycles. The molecular weight excluding hydrogens is 362 g/mol. The van der Waals surface area contributed by atoms with E-state index >= 15 is 0 Å². The zero-order valence-electron chi connectivity index (χ0n) is 14.2. The average molecular weight is 373 g/mol. The van der Waals surface area contributed by atoms with Crippen molar-refractivity contribution in [3.63, 3.8) is 0 Å². The van der Waals surface area contributed by atoms with Gasteiger partial charge in [-0.1, -0.05) is 12.1 Å². The van der Waals surface area contributed by atoms with E-state index in [2.05, 4.69) is 11.1 Å². The molecule has 0 fully saturated rings. The van der Waals surface area contributed by atoms with Crippen LogP contribution >= 0.6 is 0 Å². The van der Waals surface area contributed by atoms with Gasteiger partial charge in [0.1, 0.15) is 17.4 Å². The van der Waals surface area contributed by atoms with Gasteiger partial charge in [0.15, 0.2) is 11.5 Å². The zero-order valence-corrected chi connectivity index (χ0v) is 14.2. The molecule has 0 atom stereocenters. The highest BCUT2D eigenvalue weighted by atomic mass is 16.6. The number of nitro benzene ring substituents is 1. The highest BCUT2D eigenvalue weighted by Crippen LogP contribution is 2.42. The number of aliphatic imine (C=N–C) groups is 1. The van der Waals surface area contributed by atoms with Crippen LogP contribution in [0.5, 0.6) is 0 Å². The van der Waals surface area contributed by atoms with Gasteiger partial charge in [-0.25, -0.2) is 4.99 Å². The van der Waals surface area contributed by atoms with Gasteiger partial charge in [-0.05, 0) is 30.3 Å². The summed E-state index contributed by atoms with van der Waals surface area (Å²) in [7, 11) is 0. The van der Waals surface area contributed by atoms with Crippen molar-refractivity contribution < 1.29 is 18.2 Å². The number of para-hydroxylation sites is 1. The molecule has 0 aliphatic heterocycles. The summed E-state index contributed by atoms with van der Waals surface area (Å²) < 4.78 is 16.6. The van der Waals surface area contributed by atoms with Crippen LogP contribution in [0, 0.1) is 21.4 Å². The minimum absolute atomic E-state index is 0.00143. The Morgan fingerprint density at radius 3 is 2.39 bits per heavy atom. The third kappa shape index (κ3) is 2.97. The Labute approximate surface area is 158 Å². The Kier molecular flexibility index (Phi) is 4.32. The fourth-order valence-corrected chi connectivity index (χ4v) is 2.74. The van der Waals surface area contributed by atoms with E-state index in [1.54, 1.807) is 42.5 Å². The molecule has 0 unspecified atom stereocenters. The Balaban J connectivity index is 1.86. The Morgan fingerprint density at radius 2 is 1.75 bits per heavy atom. The van der Waals surface area contributed by atoms with Gasteiger partial charge in [0.2, 0.25) is 5.88 Å². The van der Waals surface area contributed by atoms with Gasteiger partial charge in [0, 0.05) is 12.3 Å². The molecular formula is C20H11N3O5. The Hall–Kier alpha value is -4.38. The molecule has 0 saturated heterocycles. The van der Waals surface area contributed by atoms with Crippen molar-refractivity contribution in [3.05, 3.63) is 82.3 Å². The van der Waals surface area contributed by atoms with E-state index in [9.17, 15) is 15.4 Å². The van der Waals surface area contributed by atoms with Gasteiger partial charge in [-0.3, -0.25) is 10.1 Å². The number of hydrogen-bond acceptors (Lipinski definition) is 7. The first-order valence-corrected chi connectivity index (χ1v) is 8.11. The molecule has 0 radical (unpaired) electrons. The van der Waals surface area contributed by atoms with Crippen molar-refractivity contribution >= 4 is 17.8 Å².